The maximum atomic E-state index is 14.3. The predicted octanol–water partition coefficient (Wildman–Crippen LogP) is 4.77. The van der Waals surface area contributed by atoms with Gasteiger partial charge in [-0.05, 0) is 66.2 Å². The molecule has 0 fully saturated rings. The van der Waals surface area contributed by atoms with Crippen LogP contribution in [0.5, 0.6) is 0 Å². The molecule has 0 spiro atoms. The molecule has 1 aromatic carbocycles. The van der Waals surface area contributed by atoms with Crippen LogP contribution in [0.1, 0.15) is 52.7 Å². The quantitative estimate of drug-likeness (QED) is 0.327. The van der Waals surface area contributed by atoms with Gasteiger partial charge in [0.15, 0.2) is 16.6 Å². The molecule has 0 aromatic heterocycles. The van der Waals surface area contributed by atoms with Crippen molar-refractivity contribution in [2.24, 2.45) is 0 Å². The highest BCUT2D eigenvalue weighted by molar-refractivity contribution is 7.90. The van der Waals surface area contributed by atoms with Gasteiger partial charge in [-0.1, -0.05) is 0 Å². The molecule has 0 radical (unpaired) electrons. The van der Waals surface area contributed by atoms with Gasteiger partial charge in [-0.3, -0.25) is 13.6 Å². The van der Waals surface area contributed by atoms with Crippen molar-refractivity contribution in [1.82, 2.24) is 0 Å². The monoisotopic (exact) mass is 440 g/mol. The first-order chi connectivity index (χ1) is 12.4. The average molecular weight is 440 g/mol. The molecule has 0 N–H and O–H groups in total. The van der Waals surface area contributed by atoms with Crippen LogP contribution in [0.25, 0.3) is 0 Å². The Kier molecular flexibility index (Phi) is 8.01. The number of aryl methyl sites for hydroxylation is 1. The van der Waals surface area contributed by atoms with Crippen LogP contribution in [-0.2, 0) is 39.3 Å². The number of phosphoric acid groups is 1. The lowest BCUT2D eigenvalue weighted by Gasteiger charge is -2.30. The maximum absolute atomic E-state index is 14.3. The lowest BCUT2D eigenvalue weighted by molar-refractivity contribution is -0.0541. The molecule has 0 aliphatic carbocycles. The average Bonchev–Trinajstić information content (AvgIpc) is 2.39. The highest BCUT2D eigenvalue weighted by atomic mass is 32.2. The number of hydrogen-bond acceptors (Lipinski definition) is 7. The van der Waals surface area contributed by atoms with Crippen molar-refractivity contribution in [3.63, 3.8) is 0 Å². The number of hydrogen-bond donors (Lipinski definition) is 0. The highest BCUT2D eigenvalue weighted by Crippen LogP contribution is 2.55. The van der Waals surface area contributed by atoms with Gasteiger partial charge in [-0.2, -0.15) is 0 Å². The molecule has 7 nitrogen and oxygen atoms in total. The molecular weight excluding hydrogens is 410 g/mol. The maximum Gasteiger partial charge on any atom is 0.477 e. The first kappa shape index (κ1) is 25.2. The van der Waals surface area contributed by atoms with Gasteiger partial charge in [-0.15, -0.1) is 0 Å². The van der Waals surface area contributed by atoms with E-state index in [9.17, 15) is 17.4 Å². The van der Waals surface area contributed by atoms with E-state index in [0.717, 1.165) is 6.26 Å². The Bertz CT molecular complexity index is 819. The van der Waals surface area contributed by atoms with Gasteiger partial charge in [0.1, 0.15) is 5.82 Å². The molecule has 0 aliphatic heterocycles. The zero-order valence-corrected chi connectivity index (χ0v) is 19.4. The third kappa shape index (κ3) is 8.68. The molecular formula is C18H30FO7PS. The van der Waals surface area contributed by atoms with Gasteiger partial charge < -0.3 is 4.74 Å². The number of halogens is 1. The van der Waals surface area contributed by atoms with Crippen LogP contribution >= 0.6 is 7.82 Å². The van der Waals surface area contributed by atoms with Crippen molar-refractivity contribution in [3.05, 3.63) is 29.1 Å². The Morgan fingerprint density at radius 3 is 1.96 bits per heavy atom. The van der Waals surface area contributed by atoms with Crippen LogP contribution in [0.15, 0.2) is 17.0 Å². The van der Waals surface area contributed by atoms with E-state index in [1.54, 1.807) is 48.5 Å². The van der Waals surface area contributed by atoms with E-state index in [1.165, 1.54) is 12.1 Å². The summed E-state index contributed by atoms with van der Waals surface area (Å²) in [5.74, 6) is -0.708. The van der Waals surface area contributed by atoms with E-state index in [-0.39, 0.29) is 17.1 Å². The lowest BCUT2D eigenvalue weighted by atomic mass is 10.1. The summed E-state index contributed by atoms with van der Waals surface area (Å²) in [6, 6.07) is 2.58. The predicted molar refractivity (Wildman–Crippen MR) is 104 cm³/mol. The number of benzene rings is 1. The van der Waals surface area contributed by atoms with Gasteiger partial charge in [0.2, 0.25) is 0 Å². The van der Waals surface area contributed by atoms with Crippen molar-refractivity contribution in [2.45, 2.75) is 71.2 Å². The van der Waals surface area contributed by atoms with Crippen molar-refractivity contribution in [2.75, 3.05) is 13.0 Å². The second-order valence-electron chi connectivity index (χ2n) is 8.45. The van der Waals surface area contributed by atoms with Crippen LogP contribution in [0, 0.1) is 12.7 Å². The molecule has 0 unspecified atom stereocenters. The third-order valence-electron chi connectivity index (χ3n) is 3.01. The zero-order valence-electron chi connectivity index (χ0n) is 17.7. The van der Waals surface area contributed by atoms with Crippen LogP contribution in [0.4, 0.5) is 4.39 Å². The van der Waals surface area contributed by atoms with E-state index in [2.05, 4.69) is 0 Å². The normalized spacial score (nSPS) is 13.8. The number of ether oxygens (including phenoxy) is 1. The smallest absolute Gasteiger partial charge is 0.350 e. The number of rotatable bonds is 8. The van der Waals surface area contributed by atoms with E-state index >= 15 is 0 Å². The first-order valence-electron chi connectivity index (χ1n) is 8.65. The van der Waals surface area contributed by atoms with Gasteiger partial charge >= 0.3 is 7.82 Å². The molecule has 1 aromatic rings. The number of phosphoric ester groups is 1. The summed E-state index contributed by atoms with van der Waals surface area (Å²) >= 11 is 0. The van der Waals surface area contributed by atoms with Crippen molar-refractivity contribution in [1.29, 1.82) is 0 Å². The van der Waals surface area contributed by atoms with Gasteiger partial charge in [0, 0.05) is 11.8 Å². The standard InChI is InChI=1S/C18H30FO7PS/c1-13-9-15(19)14(16(10-13)28(8,21)22)11-23-12-24-27(20,25-17(2,3)4)26-18(5,6)7/h9-10H,11-12H2,1-8H3. The molecule has 1 rings (SSSR count). The molecule has 0 bridgehead atoms. The summed E-state index contributed by atoms with van der Waals surface area (Å²) in [5.41, 5.74) is -1.28. The second kappa shape index (κ2) is 8.90. The fourth-order valence-electron chi connectivity index (χ4n) is 2.20. The molecule has 0 atom stereocenters. The summed E-state index contributed by atoms with van der Waals surface area (Å²) in [4.78, 5) is -0.162. The minimum absolute atomic E-state index is 0.125. The lowest BCUT2D eigenvalue weighted by Crippen LogP contribution is -2.25. The Morgan fingerprint density at radius 1 is 1.04 bits per heavy atom. The van der Waals surface area contributed by atoms with Crippen molar-refractivity contribution < 1.29 is 35.7 Å². The first-order valence-corrected chi connectivity index (χ1v) is 12.0. The summed E-state index contributed by atoms with van der Waals surface area (Å²) in [7, 11) is -7.64. The summed E-state index contributed by atoms with van der Waals surface area (Å²) in [6.07, 6.45) is 0.990. The van der Waals surface area contributed by atoms with E-state index in [4.69, 9.17) is 18.3 Å². The Morgan fingerprint density at radius 2 is 1.54 bits per heavy atom. The van der Waals surface area contributed by atoms with E-state index in [0.29, 0.717) is 5.56 Å². The largest absolute Gasteiger partial charge is 0.477 e. The van der Waals surface area contributed by atoms with Crippen LogP contribution in [-0.4, -0.2) is 32.7 Å². The summed E-state index contributed by atoms with van der Waals surface area (Å²) in [6.45, 7) is 10.8. The minimum atomic E-state index is -3.98. The molecule has 162 valence electrons. The second-order valence-corrected chi connectivity index (χ2v) is 11.9. The van der Waals surface area contributed by atoms with E-state index in [1.807, 2.05) is 0 Å². The van der Waals surface area contributed by atoms with Gasteiger partial charge in [0.05, 0.1) is 22.7 Å². The van der Waals surface area contributed by atoms with Crippen LogP contribution < -0.4 is 0 Å². The molecule has 28 heavy (non-hydrogen) atoms. The summed E-state index contributed by atoms with van der Waals surface area (Å²) < 4.78 is 72.3. The topological polar surface area (TPSA) is 88.1 Å². The minimum Gasteiger partial charge on any atom is -0.350 e. The van der Waals surface area contributed by atoms with Crippen molar-refractivity contribution in [3.8, 4) is 0 Å². The SMILES string of the molecule is Cc1cc(F)c(COCOP(=O)(OC(C)(C)C)OC(C)(C)C)c(S(C)(=O)=O)c1. The highest BCUT2D eigenvalue weighted by Gasteiger charge is 2.37. The Labute approximate surface area is 167 Å². The Hall–Kier alpha value is -0.830. The fraction of sp³-hybridized carbons (Fsp3) is 0.667. The molecule has 0 heterocycles. The molecule has 0 saturated carbocycles. The fourth-order valence-corrected chi connectivity index (χ4v) is 4.89. The molecule has 0 amide bonds. The van der Waals surface area contributed by atoms with Gasteiger partial charge in [-0.25, -0.2) is 17.4 Å². The van der Waals surface area contributed by atoms with Crippen LogP contribution in [0.3, 0.4) is 0 Å². The number of sulfone groups is 1. The third-order valence-corrected chi connectivity index (χ3v) is 6.14. The summed E-state index contributed by atoms with van der Waals surface area (Å²) in [5, 5.41) is 0. The Balaban J connectivity index is 2.91. The van der Waals surface area contributed by atoms with Gasteiger partial charge in [0.25, 0.3) is 0 Å². The molecule has 0 aliphatic rings. The van der Waals surface area contributed by atoms with Crippen molar-refractivity contribution >= 4 is 17.7 Å². The molecule has 0 saturated heterocycles. The molecule has 10 heteroatoms. The van der Waals surface area contributed by atoms with E-state index < -0.39 is 41.5 Å². The zero-order chi connectivity index (χ0) is 22.0. The van der Waals surface area contributed by atoms with Crippen LogP contribution in [0.2, 0.25) is 0 Å².